The summed E-state index contributed by atoms with van der Waals surface area (Å²) in [6, 6.07) is 12.1. The van der Waals surface area contributed by atoms with E-state index in [1.807, 2.05) is 19.1 Å². The zero-order valence-corrected chi connectivity index (χ0v) is 21.3. The second-order valence-corrected chi connectivity index (χ2v) is 11.8. The van der Waals surface area contributed by atoms with Crippen LogP contribution in [0.15, 0.2) is 41.3 Å². The van der Waals surface area contributed by atoms with Gasteiger partial charge in [-0.1, -0.05) is 24.3 Å². The molecule has 2 aromatic carbocycles. The van der Waals surface area contributed by atoms with Gasteiger partial charge in [0.25, 0.3) is 0 Å². The number of aryl methyl sites for hydroxylation is 3. The molecule has 1 aromatic heterocycles. The monoisotopic (exact) mass is 492 g/mol. The van der Waals surface area contributed by atoms with E-state index in [2.05, 4.69) is 39.9 Å². The number of likely N-dealkylation sites (N-methyl/N-ethyl adjacent to an activating group) is 1. The number of hydrogen-bond acceptors (Lipinski definition) is 7. The summed E-state index contributed by atoms with van der Waals surface area (Å²) >= 11 is 0. The molecule has 0 amide bonds. The van der Waals surface area contributed by atoms with E-state index in [0.29, 0.717) is 37.0 Å². The summed E-state index contributed by atoms with van der Waals surface area (Å²) < 4.78 is 29.0. The minimum Gasteiger partial charge on any atom is -0.354 e. The number of piperazine rings is 2. The lowest BCUT2D eigenvalue weighted by atomic mass is 10.1. The smallest absolute Gasteiger partial charge is 0.243 e. The highest BCUT2D eigenvalue weighted by Gasteiger charge is 2.33. The Balaban J connectivity index is 1.21. The summed E-state index contributed by atoms with van der Waals surface area (Å²) in [6.07, 6.45) is 1.70. The van der Waals surface area contributed by atoms with Crippen molar-refractivity contribution in [1.82, 2.24) is 19.2 Å². The molecular formula is C26H32N6O2S. The zero-order valence-electron chi connectivity index (χ0n) is 20.4. The highest BCUT2D eigenvalue weighted by Crippen LogP contribution is 2.36. The number of nitrogens with zero attached hydrogens (tertiary/aromatic N) is 6. The molecule has 0 saturated carbocycles. The van der Waals surface area contributed by atoms with E-state index in [1.54, 1.807) is 10.4 Å². The average Bonchev–Trinajstić information content (AvgIpc) is 3.30. The number of hydrogen-bond donors (Lipinski definition) is 0. The fourth-order valence-electron chi connectivity index (χ4n) is 5.62. The quantitative estimate of drug-likeness (QED) is 0.553. The van der Waals surface area contributed by atoms with Crippen molar-refractivity contribution in [2.45, 2.75) is 24.7 Å². The van der Waals surface area contributed by atoms with E-state index < -0.39 is 10.0 Å². The Morgan fingerprint density at radius 2 is 1.57 bits per heavy atom. The molecule has 2 fully saturated rings. The first kappa shape index (κ1) is 22.7. The van der Waals surface area contributed by atoms with Gasteiger partial charge in [-0.05, 0) is 54.8 Å². The standard InChI is InChI=1S/C26H32N6O2S/c1-19-18-24(30-12-10-29(2)11-13-30)28-26(27-19)31-14-16-32(17-15-31)35(33,34)23-9-7-21-5-3-4-20-6-8-22(23)25(20)21/h3-5,7,9,18H,6,8,10-17H2,1-2H3. The molecule has 3 aromatic rings. The van der Waals surface area contributed by atoms with E-state index in [9.17, 15) is 8.42 Å². The van der Waals surface area contributed by atoms with Crippen LogP contribution in [0.25, 0.3) is 10.8 Å². The number of sulfonamides is 1. The molecule has 0 bridgehead atoms. The third-order valence-corrected chi connectivity index (χ3v) is 9.62. The molecule has 2 saturated heterocycles. The highest BCUT2D eigenvalue weighted by molar-refractivity contribution is 7.89. The van der Waals surface area contributed by atoms with Gasteiger partial charge in [-0.3, -0.25) is 0 Å². The predicted molar refractivity (Wildman–Crippen MR) is 139 cm³/mol. The number of rotatable bonds is 4. The lowest BCUT2D eigenvalue weighted by Gasteiger charge is -2.36. The first-order chi connectivity index (χ1) is 16.9. The second kappa shape index (κ2) is 8.72. The molecule has 0 N–H and O–H groups in total. The topological polar surface area (TPSA) is 72.9 Å². The van der Waals surface area contributed by atoms with Crippen LogP contribution < -0.4 is 9.80 Å². The molecule has 184 valence electrons. The van der Waals surface area contributed by atoms with Crippen molar-refractivity contribution < 1.29 is 8.42 Å². The van der Waals surface area contributed by atoms with Crippen molar-refractivity contribution in [3.05, 3.63) is 53.2 Å². The normalized spacial score (nSPS) is 19.6. The Kier molecular flexibility index (Phi) is 5.66. The summed E-state index contributed by atoms with van der Waals surface area (Å²) in [5.74, 6) is 1.66. The predicted octanol–water partition coefficient (Wildman–Crippen LogP) is 2.30. The molecule has 2 aliphatic heterocycles. The minimum absolute atomic E-state index is 0.433. The Morgan fingerprint density at radius 3 is 2.34 bits per heavy atom. The summed E-state index contributed by atoms with van der Waals surface area (Å²) in [5, 5.41) is 2.27. The number of aromatic nitrogens is 2. The third-order valence-electron chi connectivity index (χ3n) is 7.64. The molecule has 6 rings (SSSR count). The molecule has 0 atom stereocenters. The van der Waals surface area contributed by atoms with Crippen LogP contribution in [-0.2, 0) is 22.9 Å². The van der Waals surface area contributed by atoms with E-state index in [4.69, 9.17) is 9.97 Å². The Morgan fingerprint density at radius 1 is 0.829 bits per heavy atom. The third kappa shape index (κ3) is 4.05. The van der Waals surface area contributed by atoms with E-state index in [1.165, 1.54) is 5.56 Å². The van der Waals surface area contributed by atoms with Crippen molar-refractivity contribution in [3.63, 3.8) is 0 Å². The lowest BCUT2D eigenvalue weighted by molar-refractivity contribution is 0.312. The lowest BCUT2D eigenvalue weighted by Crippen LogP contribution is -2.49. The maximum atomic E-state index is 13.7. The van der Waals surface area contributed by atoms with E-state index in [-0.39, 0.29) is 0 Å². The Hall–Kier alpha value is -2.75. The van der Waals surface area contributed by atoms with Crippen LogP contribution in [-0.4, -0.2) is 87.0 Å². The van der Waals surface area contributed by atoms with E-state index in [0.717, 1.165) is 66.9 Å². The number of benzene rings is 2. The van der Waals surface area contributed by atoms with Crippen molar-refractivity contribution in [1.29, 1.82) is 0 Å². The Bertz CT molecular complexity index is 1380. The fourth-order valence-corrected chi connectivity index (χ4v) is 7.29. The molecule has 1 aliphatic carbocycles. The van der Waals surface area contributed by atoms with Crippen LogP contribution in [0.3, 0.4) is 0 Å². The molecule has 3 aliphatic rings. The molecule has 0 radical (unpaired) electrons. The zero-order chi connectivity index (χ0) is 24.2. The number of anilines is 2. The molecular weight excluding hydrogens is 460 g/mol. The van der Waals surface area contributed by atoms with Gasteiger partial charge >= 0.3 is 0 Å². The van der Waals surface area contributed by atoms with Crippen molar-refractivity contribution >= 4 is 32.6 Å². The maximum absolute atomic E-state index is 13.7. The van der Waals surface area contributed by atoms with Crippen LogP contribution >= 0.6 is 0 Å². The van der Waals surface area contributed by atoms with Gasteiger partial charge in [0.05, 0.1) is 4.90 Å². The largest absolute Gasteiger partial charge is 0.354 e. The van der Waals surface area contributed by atoms with Gasteiger partial charge in [0.15, 0.2) is 0 Å². The van der Waals surface area contributed by atoms with Gasteiger partial charge in [0, 0.05) is 64.1 Å². The maximum Gasteiger partial charge on any atom is 0.243 e. The summed E-state index contributed by atoms with van der Waals surface area (Å²) in [7, 11) is -1.41. The minimum atomic E-state index is -3.55. The SMILES string of the molecule is Cc1cc(N2CCN(C)CC2)nc(N2CCN(S(=O)(=O)c3ccc4cccc5c4c3CC5)CC2)n1. The molecule has 3 heterocycles. The van der Waals surface area contributed by atoms with Crippen molar-refractivity contribution in [3.8, 4) is 0 Å². The first-order valence-electron chi connectivity index (χ1n) is 12.5. The fraction of sp³-hybridized carbons (Fsp3) is 0.462. The van der Waals surface area contributed by atoms with Gasteiger partial charge in [-0.15, -0.1) is 0 Å². The summed E-state index contributed by atoms with van der Waals surface area (Å²) in [4.78, 5) is 16.8. The van der Waals surface area contributed by atoms with Crippen molar-refractivity contribution in [2.75, 3.05) is 69.2 Å². The molecule has 0 unspecified atom stereocenters. The van der Waals surface area contributed by atoms with Gasteiger partial charge in [0.2, 0.25) is 16.0 Å². The van der Waals surface area contributed by atoms with Crippen LogP contribution in [0.5, 0.6) is 0 Å². The van der Waals surface area contributed by atoms with Gasteiger partial charge < -0.3 is 14.7 Å². The summed E-state index contributed by atoms with van der Waals surface area (Å²) in [6.45, 7) is 7.98. The van der Waals surface area contributed by atoms with E-state index >= 15 is 0 Å². The average molecular weight is 493 g/mol. The molecule has 8 nitrogen and oxygen atoms in total. The van der Waals surface area contributed by atoms with Crippen molar-refractivity contribution in [2.24, 2.45) is 0 Å². The van der Waals surface area contributed by atoms with Crippen LogP contribution in [0.1, 0.15) is 16.8 Å². The molecule has 0 spiro atoms. The van der Waals surface area contributed by atoms with Gasteiger partial charge in [0.1, 0.15) is 5.82 Å². The van der Waals surface area contributed by atoms with Gasteiger partial charge in [-0.25, -0.2) is 13.4 Å². The van der Waals surface area contributed by atoms with Crippen LogP contribution in [0.2, 0.25) is 0 Å². The second-order valence-electron chi connectivity index (χ2n) is 9.91. The Labute approximate surface area is 207 Å². The van der Waals surface area contributed by atoms with Crippen LogP contribution in [0, 0.1) is 6.92 Å². The molecule has 35 heavy (non-hydrogen) atoms. The summed E-state index contributed by atoms with van der Waals surface area (Å²) in [5.41, 5.74) is 3.18. The first-order valence-corrected chi connectivity index (χ1v) is 13.9. The van der Waals surface area contributed by atoms with Gasteiger partial charge in [-0.2, -0.15) is 9.29 Å². The molecule has 9 heteroatoms. The highest BCUT2D eigenvalue weighted by atomic mass is 32.2. The van der Waals surface area contributed by atoms with Crippen LogP contribution in [0.4, 0.5) is 11.8 Å².